The summed E-state index contributed by atoms with van der Waals surface area (Å²) in [5.41, 5.74) is 0. The van der Waals surface area contributed by atoms with E-state index in [1.165, 1.54) is 109 Å². The summed E-state index contributed by atoms with van der Waals surface area (Å²) in [5.74, 6) is -0.482. The van der Waals surface area contributed by atoms with E-state index in [1.807, 2.05) is 0 Å². The SMILES string of the molecule is CC/C=C\C/C=C\C/C=C\C/C=C\C/C=C\C/C=C\CCCCCCCOCC(COP(=O)(O)OC1C(O)C(O)C(O)C(O)C1O)OC(=O)CCCCCCCCCCCCCCCCCCCCCCC. The van der Waals surface area contributed by atoms with Crippen molar-refractivity contribution in [2.45, 2.75) is 275 Å². The third-order valence-electron chi connectivity index (χ3n) is 13.1. The molecule has 1 aliphatic rings. The summed E-state index contributed by atoms with van der Waals surface area (Å²) in [5, 5.41) is 50.4. The van der Waals surface area contributed by atoms with Crippen LogP contribution in [0.1, 0.15) is 232 Å². The highest BCUT2D eigenvalue weighted by molar-refractivity contribution is 7.47. The molecule has 0 radical (unpaired) electrons. The zero-order valence-corrected chi connectivity index (χ0v) is 46.1. The number of rotatable bonds is 49. The normalized spacial score (nSPS) is 21.2. The Balaban J connectivity index is 2.31. The van der Waals surface area contributed by atoms with Gasteiger partial charge in [0, 0.05) is 13.0 Å². The summed E-state index contributed by atoms with van der Waals surface area (Å²) in [7, 11) is -5.04. The first-order valence-corrected chi connectivity index (χ1v) is 30.3. The van der Waals surface area contributed by atoms with Crippen molar-refractivity contribution in [3.63, 3.8) is 0 Å². The molecule has 13 heteroatoms. The van der Waals surface area contributed by atoms with Crippen LogP contribution in [0.2, 0.25) is 0 Å². The number of hydrogen-bond donors (Lipinski definition) is 6. The molecule has 0 spiro atoms. The fourth-order valence-electron chi connectivity index (χ4n) is 8.60. The lowest BCUT2D eigenvalue weighted by Crippen LogP contribution is -2.64. The number of ether oxygens (including phenoxy) is 2. The van der Waals surface area contributed by atoms with Crippen LogP contribution < -0.4 is 0 Å². The van der Waals surface area contributed by atoms with Gasteiger partial charge in [0.05, 0.1) is 13.2 Å². The first-order chi connectivity index (χ1) is 35.0. The maximum Gasteiger partial charge on any atom is 0.472 e. The van der Waals surface area contributed by atoms with Crippen LogP contribution in [0.4, 0.5) is 0 Å². The lowest BCUT2D eigenvalue weighted by Gasteiger charge is -2.41. The molecular weight excluding hydrogens is 932 g/mol. The van der Waals surface area contributed by atoms with Gasteiger partial charge in [-0.2, -0.15) is 0 Å². The maximum absolute atomic E-state index is 12.9. The fourth-order valence-corrected chi connectivity index (χ4v) is 9.57. The molecule has 0 aliphatic heterocycles. The Hall–Kier alpha value is -2.22. The predicted octanol–water partition coefficient (Wildman–Crippen LogP) is 13.9. The molecule has 12 nitrogen and oxygen atoms in total. The van der Waals surface area contributed by atoms with E-state index in [2.05, 4.69) is 86.8 Å². The molecule has 418 valence electrons. The molecule has 1 aliphatic carbocycles. The number of carbonyl (C=O) groups excluding carboxylic acids is 1. The van der Waals surface area contributed by atoms with Gasteiger partial charge in [0.2, 0.25) is 0 Å². The van der Waals surface area contributed by atoms with Gasteiger partial charge in [0.1, 0.15) is 42.7 Å². The zero-order valence-electron chi connectivity index (χ0n) is 45.2. The first kappa shape index (κ1) is 67.8. The number of esters is 1. The molecule has 0 bridgehead atoms. The molecule has 0 amide bonds. The van der Waals surface area contributed by atoms with Crippen molar-refractivity contribution in [2.75, 3.05) is 19.8 Å². The molecule has 1 rings (SSSR count). The summed E-state index contributed by atoms with van der Waals surface area (Å²) in [6.07, 6.45) is 52.5. The Bertz CT molecular complexity index is 1460. The van der Waals surface area contributed by atoms with Crippen molar-refractivity contribution in [3.8, 4) is 0 Å². The maximum atomic E-state index is 12.9. The van der Waals surface area contributed by atoms with E-state index in [0.717, 1.165) is 96.3 Å². The lowest BCUT2D eigenvalue weighted by molar-refractivity contribution is -0.220. The van der Waals surface area contributed by atoms with E-state index in [-0.39, 0.29) is 13.0 Å². The van der Waals surface area contributed by atoms with Gasteiger partial charge in [0.15, 0.2) is 0 Å². The van der Waals surface area contributed by atoms with Crippen LogP contribution in [0.25, 0.3) is 0 Å². The van der Waals surface area contributed by atoms with E-state index >= 15 is 0 Å². The molecule has 72 heavy (non-hydrogen) atoms. The minimum Gasteiger partial charge on any atom is -0.457 e. The average Bonchev–Trinajstić information content (AvgIpc) is 3.37. The third kappa shape index (κ3) is 39.2. The molecule has 0 heterocycles. The second-order valence-electron chi connectivity index (χ2n) is 19.8. The summed E-state index contributed by atoms with van der Waals surface area (Å²) in [4.78, 5) is 23.3. The van der Waals surface area contributed by atoms with Crippen LogP contribution in [-0.4, -0.2) is 98.9 Å². The van der Waals surface area contributed by atoms with Crippen molar-refractivity contribution in [3.05, 3.63) is 72.9 Å². The smallest absolute Gasteiger partial charge is 0.457 e. The summed E-state index contributed by atoms with van der Waals surface area (Å²) < 4.78 is 34.4. The van der Waals surface area contributed by atoms with Crippen LogP contribution in [-0.2, 0) is 27.9 Å². The number of allylic oxidation sites excluding steroid dienone is 12. The molecule has 6 N–H and O–H groups in total. The second kappa shape index (κ2) is 48.4. The standard InChI is InChI=1S/C59H105O12P/c1-3-5-7-9-11-13-15-17-19-21-23-25-26-27-29-31-33-35-37-39-41-43-45-47-49-68-50-52(51-69-72(66,67)71-59-57(64)55(62)54(61)56(63)58(59)65)70-53(60)48-46-44-42-40-38-36-34-32-30-28-24-22-20-18-16-14-12-10-8-6-4-2/h5,7,11,13,17,19,23,25,27,29,33,35,52,54-59,61-65H,3-4,6,8-10,12,14-16,18,20-22,24,26,28,30-32,34,36-51H2,1-2H3,(H,66,67)/b7-5-,13-11-,19-17-,25-23-,29-27-,35-33-. The topological polar surface area (TPSA) is 192 Å². The zero-order chi connectivity index (χ0) is 52.6. The molecule has 6 atom stereocenters. The molecule has 1 fully saturated rings. The quantitative estimate of drug-likeness (QED) is 0.0146. The second-order valence-corrected chi connectivity index (χ2v) is 21.2. The van der Waals surface area contributed by atoms with Gasteiger partial charge >= 0.3 is 13.8 Å². The van der Waals surface area contributed by atoms with Crippen LogP contribution in [0.3, 0.4) is 0 Å². The van der Waals surface area contributed by atoms with E-state index in [9.17, 15) is 39.8 Å². The van der Waals surface area contributed by atoms with Gasteiger partial charge in [0.25, 0.3) is 0 Å². The molecule has 0 aromatic heterocycles. The lowest BCUT2D eigenvalue weighted by atomic mass is 9.85. The number of phosphoric ester groups is 1. The van der Waals surface area contributed by atoms with Crippen molar-refractivity contribution >= 4 is 13.8 Å². The van der Waals surface area contributed by atoms with Gasteiger partial charge in [-0.05, 0) is 64.2 Å². The largest absolute Gasteiger partial charge is 0.472 e. The molecule has 0 aromatic carbocycles. The monoisotopic (exact) mass is 1040 g/mol. The Labute approximate surface area is 438 Å². The highest BCUT2D eigenvalue weighted by atomic mass is 31.2. The highest BCUT2D eigenvalue weighted by Gasteiger charge is 2.51. The number of phosphoric acid groups is 1. The van der Waals surface area contributed by atoms with E-state index in [1.54, 1.807) is 0 Å². The molecule has 1 saturated carbocycles. The average molecular weight is 1040 g/mol. The third-order valence-corrected chi connectivity index (χ3v) is 14.1. The Morgan fingerprint density at radius 3 is 1.25 bits per heavy atom. The number of unbranched alkanes of at least 4 members (excludes halogenated alkanes) is 25. The summed E-state index contributed by atoms with van der Waals surface area (Å²) in [6, 6.07) is 0. The molecule has 0 aromatic rings. The molecule has 6 unspecified atom stereocenters. The number of aliphatic hydroxyl groups excluding tert-OH is 5. The van der Waals surface area contributed by atoms with E-state index in [0.29, 0.717) is 13.0 Å². The van der Waals surface area contributed by atoms with Crippen LogP contribution >= 0.6 is 7.82 Å². The van der Waals surface area contributed by atoms with Crippen LogP contribution in [0.15, 0.2) is 72.9 Å². The van der Waals surface area contributed by atoms with Crippen molar-refractivity contribution in [1.82, 2.24) is 0 Å². The van der Waals surface area contributed by atoms with Crippen LogP contribution in [0, 0.1) is 0 Å². The van der Waals surface area contributed by atoms with Gasteiger partial charge < -0.3 is 39.9 Å². The van der Waals surface area contributed by atoms with Crippen molar-refractivity contribution in [2.24, 2.45) is 0 Å². The van der Waals surface area contributed by atoms with E-state index < -0.39 is 63.1 Å². The number of carbonyl (C=O) groups is 1. The molecular formula is C59H105O12P. The van der Waals surface area contributed by atoms with Crippen molar-refractivity contribution in [1.29, 1.82) is 0 Å². The highest BCUT2D eigenvalue weighted by Crippen LogP contribution is 2.47. The summed E-state index contributed by atoms with van der Waals surface area (Å²) in [6.45, 7) is 4.14. The minimum atomic E-state index is -5.04. The number of hydrogen-bond acceptors (Lipinski definition) is 11. The Kier molecular flexibility index (Phi) is 45.6. The van der Waals surface area contributed by atoms with Crippen LogP contribution in [0.5, 0.6) is 0 Å². The molecule has 0 saturated heterocycles. The first-order valence-electron chi connectivity index (χ1n) is 28.8. The van der Waals surface area contributed by atoms with Crippen molar-refractivity contribution < 1.29 is 58.3 Å². The van der Waals surface area contributed by atoms with Gasteiger partial charge in [-0.1, -0.05) is 234 Å². The van der Waals surface area contributed by atoms with Gasteiger partial charge in [-0.25, -0.2) is 4.57 Å². The Morgan fingerprint density at radius 1 is 0.458 bits per heavy atom. The Morgan fingerprint density at radius 2 is 0.819 bits per heavy atom. The summed E-state index contributed by atoms with van der Waals surface area (Å²) >= 11 is 0. The van der Waals surface area contributed by atoms with Gasteiger partial charge in [-0.15, -0.1) is 0 Å². The van der Waals surface area contributed by atoms with E-state index in [4.69, 9.17) is 18.5 Å². The predicted molar refractivity (Wildman–Crippen MR) is 295 cm³/mol. The number of aliphatic hydroxyl groups is 5. The fraction of sp³-hybridized carbons (Fsp3) is 0.780. The minimum absolute atomic E-state index is 0.0912. The van der Waals surface area contributed by atoms with Gasteiger partial charge in [-0.3, -0.25) is 13.8 Å².